The van der Waals surface area contributed by atoms with Gasteiger partial charge in [0.1, 0.15) is 17.7 Å². The number of hydrogen-bond donors (Lipinski definition) is 2. The summed E-state index contributed by atoms with van der Waals surface area (Å²) in [6.07, 6.45) is 3.64. The van der Waals surface area contributed by atoms with Crippen LogP contribution in [0, 0.1) is 0 Å². The number of carbonyl (C=O) groups excluding carboxylic acids is 1. The monoisotopic (exact) mass is 423 g/mol. The number of rotatable bonds is 8. The Balaban J connectivity index is 1.31. The molecule has 0 radical (unpaired) electrons. The van der Waals surface area contributed by atoms with E-state index in [4.69, 9.17) is 9.15 Å². The lowest BCUT2D eigenvalue weighted by Gasteiger charge is -2.05. The first-order valence-electron chi connectivity index (χ1n) is 9.07. The number of oxazole rings is 1. The highest BCUT2D eigenvalue weighted by Gasteiger charge is 2.14. The van der Waals surface area contributed by atoms with Gasteiger partial charge in [-0.3, -0.25) is 19.6 Å². The molecule has 3 heterocycles. The molecule has 0 unspecified atom stereocenters. The van der Waals surface area contributed by atoms with E-state index in [1.165, 1.54) is 12.5 Å². The zero-order valence-corrected chi connectivity index (χ0v) is 16.5. The van der Waals surface area contributed by atoms with Crippen LogP contribution in [0.5, 0.6) is 11.6 Å². The van der Waals surface area contributed by atoms with Crippen LogP contribution in [0.3, 0.4) is 0 Å². The van der Waals surface area contributed by atoms with Crippen LogP contribution < -0.4 is 9.61 Å². The standard InChI is InChI=1S/C21H17N3O5S/c25-17(16-11-29-19(23-16)8-13-4-2-1-3-5-13)12-28-15-7-6-14(22-10-15)9-18-20(26)24-21(27)30-18/h1-7,10-11,26H,8-9,12H2,(H,24,27). The van der Waals surface area contributed by atoms with Gasteiger partial charge >= 0.3 is 4.87 Å². The molecule has 0 aliphatic rings. The van der Waals surface area contributed by atoms with Gasteiger partial charge in [0.2, 0.25) is 11.7 Å². The third kappa shape index (κ3) is 4.81. The van der Waals surface area contributed by atoms with Crippen LogP contribution in [0.25, 0.3) is 0 Å². The Morgan fingerprint density at radius 1 is 1.17 bits per heavy atom. The molecule has 0 bridgehead atoms. The average molecular weight is 423 g/mol. The number of aromatic hydroxyl groups is 1. The van der Waals surface area contributed by atoms with Gasteiger partial charge in [-0.1, -0.05) is 41.7 Å². The van der Waals surface area contributed by atoms with E-state index < -0.39 is 0 Å². The van der Waals surface area contributed by atoms with E-state index in [0.29, 0.717) is 35.1 Å². The number of carbonyl (C=O) groups is 1. The minimum Gasteiger partial charge on any atom is -0.494 e. The molecule has 0 spiro atoms. The highest BCUT2D eigenvalue weighted by molar-refractivity contribution is 7.09. The molecule has 4 aromatic rings. The van der Waals surface area contributed by atoms with Gasteiger partial charge in [-0.15, -0.1) is 0 Å². The number of aromatic amines is 1. The molecule has 0 fully saturated rings. The first-order valence-corrected chi connectivity index (χ1v) is 9.88. The quantitative estimate of drug-likeness (QED) is 0.418. The van der Waals surface area contributed by atoms with E-state index in [1.807, 2.05) is 30.3 Å². The van der Waals surface area contributed by atoms with Crippen molar-refractivity contribution in [2.45, 2.75) is 12.8 Å². The van der Waals surface area contributed by atoms with Crippen LogP contribution >= 0.6 is 11.3 Å². The summed E-state index contributed by atoms with van der Waals surface area (Å²) in [6.45, 7) is -0.196. The molecule has 30 heavy (non-hydrogen) atoms. The van der Waals surface area contributed by atoms with Crippen molar-refractivity contribution in [2.24, 2.45) is 0 Å². The number of hydrogen-bond acceptors (Lipinski definition) is 8. The van der Waals surface area contributed by atoms with Crippen molar-refractivity contribution in [3.05, 3.63) is 92.3 Å². The minimum absolute atomic E-state index is 0.142. The Morgan fingerprint density at radius 2 is 2.00 bits per heavy atom. The van der Waals surface area contributed by atoms with Crippen LogP contribution in [-0.4, -0.2) is 32.4 Å². The molecule has 9 heteroatoms. The number of ether oxygens (including phenoxy) is 1. The number of ketones is 1. The summed E-state index contributed by atoms with van der Waals surface area (Å²) in [5, 5.41) is 9.64. The molecule has 152 valence electrons. The van der Waals surface area contributed by atoms with Crippen molar-refractivity contribution in [1.82, 2.24) is 15.0 Å². The summed E-state index contributed by atoms with van der Waals surface area (Å²) < 4.78 is 10.9. The van der Waals surface area contributed by atoms with Crippen LogP contribution in [0.2, 0.25) is 0 Å². The van der Waals surface area contributed by atoms with Gasteiger partial charge in [-0.05, 0) is 17.7 Å². The summed E-state index contributed by atoms with van der Waals surface area (Å²) in [5.41, 5.74) is 1.91. The first kappa shape index (κ1) is 19.6. The van der Waals surface area contributed by atoms with Gasteiger partial charge < -0.3 is 14.3 Å². The summed E-state index contributed by atoms with van der Waals surface area (Å²) in [5.74, 6) is 0.443. The van der Waals surface area contributed by atoms with Crippen LogP contribution in [0.15, 0.2) is 64.1 Å². The summed E-state index contributed by atoms with van der Waals surface area (Å²) in [7, 11) is 0. The molecule has 0 saturated heterocycles. The van der Waals surface area contributed by atoms with Gasteiger partial charge in [-0.2, -0.15) is 0 Å². The smallest absolute Gasteiger partial charge is 0.307 e. The second-order valence-corrected chi connectivity index (χ2v) is 7.52. The van der Waals surface area contributed by atoms with Crippen molar-refractivity contribution < 1.29 is 19.1 Å². The van der Waals surface area contributed by atoms with Crippen LogP contribution in [-0.2, 0) is 12.8 Å². The highest BCUT2D eigenvalue weighted by atomic mass is 32.1. The van der Waals surface area contributed by atoms with Gasteiger partial charge in [0.05, 0.1) is 11.1 Å². The average Bonchev–Trinajstić information content (AvgIpc) is 3.34. The zero-order chi connectivity index (χ0) is 20.9. The molecule has 0 amide bonds. The molecular formula is C21H17N3O5S. The molecule has 0 aliphatic carbocycles. The lowest BCUT2D eigenvalue weighted by Crippen LogP contribution is -2.12. The van der Waals surface area contributed by atoms with Crippen molar-refractivity contribution >= 4 is 17.1 Å². The van der Waals surface area contributed by atoms with E-state index in [1.54, 1.807) is 12.1 Å². The molecule has 0 saturated carbocycles. The van der Waals surface area contributed by atoms with E-state index in [0.717, 1.165) is 16.9 Å². The van der Waals surface area contributed by atoms with E-state index in [-0.39, 0.29) is 28.8 Å². The molecule has 8 nitrogen and oxygen atoms in total. The summed E-state index contributed by atoms with van der Waals surface area (Å²) in [6, 6.07) is 13.1. The van der Waals surface area contributed by atoms with E-state index in [2.05, 4.69) is 15.0 Å². The third-order valence-corrected chi connectivity index (χ3v) is 5.12. The second-order valence-electron chi connectivity index (χ2n) is 6.45. The molecule has 0 aliphatic heterocycles. The predicted molar refractivity (Wildman–Crippen MR) is 109 cm³/mol. The summed E-state index contributed by atoms with van der Waals surface area (Å²) >= 11 is 0.935. The SMILES string of the molecule is O=C(COc1ccc(Cc2sc(=O)[nH]c2O)nc1)c1coc(Cc2ccccc2)n1. The molecule has 1 aromatic carbocycles. The third-order valence-electron chi connectivity index (χ3n) is 4.25. The van der Waals surface area contributed by atoms with E-state index in [9.17, 15) is 14.7 Å². The molecule has 4 rings (SSSR count). The highest BCUT2D eigenvalue weighted by Crippen LogP contribution is 2.20. The Hall–Kier alpha value is -3.72. The Morgan fingerprint density at radius 3 is 2.70 bits per heavy atom. The van der Waals surface area contributed by atoms with Crippen molar-refractivity contribution in [1.29, 1.82) is 0 Å². The van der Waals surface area contributed by atoms with Gasteiger partial charge in [0.25, 0.3) is 0 Å². The maximum absolute atomic E-state index is 12.3. The molecule has 0 atom stereocenters. The number of H-pyrrole nitrogens is 1. The molecule has 2 N–H and O–H groups in total. The van der Waals surface area contributed by atoms with Crippen LogP contribution in [0.1, 0.15) is 32.5 Å². The number of Topliss-reactive ketones (excluding diaryl/α,β-unsaturated/α-hetero) is 1. The van der Waals surface area contributed by atoms with Crippen molar-refractivity contribution in [3.8, 4) is 11.6 Å². The van der Waals surface area contributed by atoms with Crippen molar-refractivity contribution in [3.63, 3.8) is 0 Å². The Labute approximate surface area is 174 Å². The maximum Gasteiger partial charge on any atom is 0.307 e. The zero-order valence-electron chi connectivity index (χ0n) is 15.7. The fourth-order valence-corrected chi connectivity index (χ4v) is 3.49. The maximum atomic E-state index is 12.3. The van der Waals surface area contributed by atoms with Gasteiger partial charge in [-0.25, -0.2) is 4.98 Å². The van der Waals surface area contributed by atoms with Crippen LogP contribution in [0.4, 0.5) is 0 Å². The first-order chi connectivity index (χ1) is 14.6. The Kier molecular flexibility index (Phi) is 5.71. The number of benzene rings is 1. The lowest BCUT2D eigenvalue weighted by molar-refractivity contribution is 0.0916. The topological polar surface area (TPSA) is 118 Å². The Bertz CT molecular complexity index is 1200. The fraction of sp³-hybridized carbons (Fsp3) is 0.143. The lowest BCUT2D eigenvalue weighted by atomic mass is 10.1. The second kappa shape index (κ2) is 8.75. The van der Waals surface area contributed by atoms with Crippen molar-refractivity contribution in [2.75, 3.05) is 6.61 Å². The molecule has 3 aromatic heterocycles. The number of nitrogens with one attached hydrogen (secondary N) is 1. The summed E-state index contributed by atoms with van der Waals surface area (Å²) in [4.78, 5) is 34.5. The minimum atomic E-state index is -0.319. The fourth-order valence-electron chi connectivity index (χ4n) is 2.75. The van der Waals surface area contributed by atoms with Gasteiger partial charge in [0, 0.05) is 18.5 Å². The predicted octanol–water partition coefficient (Wildman–Crippen LogP) is 2.97. The van der Waals surface area contributed by atoms with E-state index >= 15 is 0 Å². The van der Waals surface area contributed by atoms with Gasteiger partial charge in [0.15, 0.2) is 12.5 Å². The molecular weight excluding hydrogens is 406 g/mol. The number of thiazole rings is 1. The number of nitrogens with zero attached hydrogens (tertiary/aromatic N) is 2. The largest absolute Gasteiger partial charge is 0.494 e. The number of aromatic nitrogens is 3. The number of pyridine rings is 1. The normalized spacial score (nSPS) is 10.8.